The number of hydrogen-bond donors (Lipinski definition) is 0. The Labute approximate surface area is 175 Å². The van der Waals surface area contributed by atoms with Crippen LogP contribution in [0.4, 0.5) is 5.13 Å². The fourth-order valence-corrected chi connectivity index (χ4v) is 4.79. The first-order valence-electron chi connectivity index (χ1n) is 8.99. The Morgan fingerprint density at radius 3 is 2.52 bits per heavy atom. The summed E-state index contributed by atoms with van der Waals surface area (Å²) in [4.78, 5) is 22.9. The van der Waals surface area contributed by atoms with E-state index in [1.807, 2.05) is 22.4 Å². The van der Waals surface area contributed by atoms with E-state index in [0.717, 1.165) is 39.9 Å². The van der Waals surface area contributed by atoms with Crippen LogP contribution in [0.3, 0.4) is 0 Å². The minimum Gasteiger partial charge on any atom is -0.302 e. The molecule has 0 spiro atoms. The Morgan fingerprint density at radius 1 is 1.15 bits per heavy atom. The van der Waals surface area contributed by atoms with E-state index in [-0.39, 0.29) is 18.3 Å². The molecular formula is C20H26ClN3OS2. The van der Waals surface area contributed by atoms with Gasteiger partial charge in [0.15, 0.2) is 5.13 Å². The van der Waals surface area contributed by atoms with Crippen molar-refractivity contribution >= 4 is 56.3 Å². The van der Waals surface area contributed by atoms with E-state index in [1.165, 1.54) is 22.5 Å². The van der Waals surface area contributed by atoms with Gasteiger partial charge in [-0.15, -0.1) is 23.7 Å². The molecule has 0 bridgehead atoms. The number of thiazole rings is 1. The first-order chi connectivity index (χ1) is 12.5. The lowest BCUT2D eigenvalue weighted by Gasteiger charge is -2.24. The van der Waals surface area contributed by atoms with Crippen LogP contribution in [-0.2, 0) is 0 Å². The highest BCUT2D eigenvalue weighted by atomic mass is 35.5. The van der Waals surface area contributed by atoms with Gasteiger partial charge in [0.25, 0.3) is 5.91 Å². The predicted molar refractivity (Wildman–Crippen MR) is 120 cm³/mol. The molecule has 7 heteroatoms. The fraction of sp³-hybridized carbons (Fsp3) is 0.400. The van der Waals surface area contributed by atoms with E-state index in [1.54, 1.807) is 11.3 Å². The number of anilines is 1. The van der Waals surface area contributed by atoms with Crippen molar-refractivity contribution in [3.63, 3.8) is 0 Å². The second-order valence-electron chi connectivity index (χ2n) is 6.39. The van der Waals surface area contributed by atoms with E-state index < -0.39 is 0 Å². The number of amides is 1. The lowest BCUT2D eigenvalue weighted by atomic mass is 10.1. The van der Waals surface area contributed by atoms with Gasteiger partial charge in [-0.25, -0.2) is 4.98 Å². The number of likely N-dealkylation sites (N-methyl/N-ethyl adjacent to an activating group) is 1. The number of rotatable bonds is 7. The van der Waals surface area contributed by atoms with Crippen molar-refractivity contribution in [3.05, 3.63) is 45.6 Å². The van der Waals surface area contributed by atoms with Crippen molar-refractivity contribution in [3.8, 4) is 0 Å². The third-order valence-electron chi connectivity index (χ3n) is 4.55. The van der Waals surface area contributed by atoms with Crippen molar-refractivity contribution in [2.24, 2.45) is 0 Å². The predicted octanol–water partition coefficient (Wildman–Crippen LogP) is 5.39. The van der Waals surface area contributed by atoms with Crippen LogP contribution in [0.25, 0.3) is 10.2 Å². The maximum atomic E-state index is 13.1. The molecule has 0 aliphatic rings. The quantitative estimate of drug-likeness (QED) is 0.511. The summed E-state index contributed by atoms with van der Waals surface area (Å²) in [7, 11) is 0. The second-order valence-corrected chi connectivity index (χ2v) is 8.31. The van der Waals surface area contributed by atoms with Crippen LogP contribution in [0.2, 0.25) is 0 Å². The third-order valence-corrected chi connectivity index (χ3v) is 6.64. The highest BCUT2D eigenvalue weighted by molar-refractivity contribution is 7.22. The fourth-order valence-electron chi connectivity index (χ4n) is 3.08. The zero-order valence-electron chi connectivity index (χ0n) is 16.2. The number of benzene rings is 1. The van der Waals surface area contributed by atoms with Crippen molar-refractivity contribution in [2.75, 3.05) is 31.1 Å². The molecule has 0 unspecified atom stereocenters. The number of hydrogen-bond acceptors (Lipinski definition) is 5. The van der Waals surface area contributed by atoms with Crippen LogP contribution < -0.4 is 4.90 Å². The maximum Gasteiger partial charge on any atom is 0.270 e. The van der Waals surface area contributed by atoms with Gasteiger partial charge in [0.2, 0.25) is 0 Å². The molecule has 0 saturated heterocycles. The van der Waals surface area contributed by atoms with Crippen molar-refractivity contribution in [1.29, 1.82) is 0 Å². The minimum absolute atomic E-state index is 0. The van der Waals surface area contributed by atoms with Gasteiger partial charge in [-0.3, -0.25) is 9.69 Å². The SMILES string of the molecule is CCN(CC)CCN(C(=O)c1cccs1)c1nc2cc(C)cc(C)c2s1.Cl. The number of halogens is 1. The minimum atomic E-state index is 0. The normalized spacial score (nSPS) is 11.0. The van der Waals surface area contributed by atoms with E-state index in [0.29, 0.717) is 6.54 Å². The lowest BCUT2D eigenvalue weighted by molar-refractivity contribution is 0.0987. The molecule has 1 aromatic carbocycles. The molecule has 2 heterocycles. The first kappa shape index (κ1) is 21.8. The van der Waals surface area contributed by atoms with Gasteiger partial charge in [0.1, 0.15) is 0 Å². The molecule has 27 heavy (non-hydrogen) atoms. The van der Waals surface area contributed by atoms with Gasteiger partial charge >= 0.3 is 0 Å². The molecule has 1 amide bonds. The van der Waals surface area contributed by atoms with Gasteiger partial charge in [-0.1, -0.05) is 37.3 Å². The summed E-state index contributed by atoms with van der Waals surface area (Å²) < 4.78 is 1.16. The molecule has 2 aromatic heterocycles. The summed E-state index contributed by atoms with van der Waals surface area (Å²) in [6.45, 7) is 12.0. The van der Waals surface area contributed by atoms with Gasteiger partial charge in [-0.2, -0.15) is 0 Å². The first-order valence-corrected chi connectivity index (χ1v) is 10.7. The van der Waals surface area contributed by atoms with Crippen molar-refractivity contribution < 1.29 is 4.79 Å². The van der Waals surface area contributed by atoms with Crippen LogP contribution >= 0.6 is 35.1 Å². The molecule has 3 aromatic rings. The molecule has 0 aliphatic carbocycles. The van der Waals surface area contributed by atoms with Crippen LogP contribution in [0.15, 0.2) is 29.6 Å². The number of nitrogens with zero attached hydrogens (tertiary/aromatic N) is 3. The van der Waals surface area contributed by atoms with E-state index in [2.05, 4.69) is 44.7 Å². The van der Waals surface area contributed by atoms with Crippen molar-refractivity contribution in [2.45, 2.75) is 27.7 Å². The van der Waals surface area contributed by atoms with Crippen LogP contribution in [0.1, 0.15) is 34.6 Å². The van der Waals surface area contributed by atoms with Crippen LogP contribution in [-0.4, -0.2) is 42.0 Å². The molecule has 0 N–H and O–H groups in total. The van der Waals surface area contributed by atoms with Gasteiger partial charge in [0, 0.05) is 13.1 Å². The van der Waals surface area contributed by atoms with Gasteiger partial charge < -0.3 is 4.90 Å². The van der Waals surface area contributed by atoms with E-state index in [4.69, 9.17) is 4.98 Å². The average Bonchev–Trinajstić information content (AvgIpc) is 3.28. The molecule has 0 atom stereocenters. The van der Waals surface area contributed by atoms with Crippen molar-refractivity contribution in [1.82, 2.24) is 9.88 Å². The number of thiophene rings is 1. The summed E-state index contributed by atoms with van der Waals surface area (Å²) in [5, 5.41) is 2.74. The van der Waals surface area contributed by atoms with E-state index in [9.17, 15) is 4.79 Å². The number of fused-ring (bicyclic) bond motifs is 1. The smallest absolute Gasteiger partial charge is 0.270 e. The van der Waals surface area contributed by atoms with Crippen LogP contribution in [0, 0.1) is 13.8 Å². The molecule has 4 nitrogen and oxygen atoms in total. The summed E-state index contributed by atoms with van der Waals surface area (Å²) >= 11 is 3.10. The molecule has 3 rings (SSSR count). The topological polar surface area (TPSA) is 36.4 Å². The Bertz CT molecular complexity index is 888. The average molecular weight is 424 g/mol. The highest BCUT2D eigenvalue weighted by Crippen LogP contribution is 2.33. The zero-order chi connectivity index (χ0) is 18.7. The molecule has 0 radical (unpaired) electrons. The molecule has 146 valence electrons. The Kier molecular flexibility index (Phi) is 7.79. The molecular weight excluding hydrogens is 398 g/mol. The summed E-state index contributed by atoms with van der Waals surface area (Å²) in [6, 6.07) is 8.08. The molecule has 0 fully saturated rings. The van der Waals surface area contributed by atoms with Crippen LogP contribution in [0.5, 0.6) is 0 Å². The maximum absolute atomic E-state index is 13.1. The Balaban J connectivity index is 0.00000261. The number of aromatic nitrogens is 1. The largest absolute Gasteiger partial charge is 0.302 e. The number of aryl methyl sites for hydroxylation is 2. The third kappa shape index (κ3) is 4.88. The second kappa shape index (κ2) is 9.64. The number of carbonyl (C=O) groups excluding carboxylic acids is 1. The molecule has 0 aliphatic heterocycles. The summed E-state index contributed by atoms with van der Waals surface area (Å²) in [6.07, 6.45) is 0. The van der Waals surface area contributed by atoms with Gasteiger partial charge in [0.05, 0.1) is 15.1 Å². The Morgan fingerprint density at radius 2 is 1.89 bits per heavy atom. The van der Waals surface area contributed by atoms with Gasteiger partial charge in [-0.05, 0) is 55.6 Å². The van der Waals surface area contributed by atoms with E-state index >= 15 is 0 Å². The summed E-state index contributed by atoms with van der Waals surface area (Å²) in [5.74, 6) is 0.0422. The zero-order valence-corrected chi connectivity index (χ0v) is 18.6. The number of carbonyl (C=O) groups is 1. The lowest BCUT2D eigenvalue weighted by Crippen LogP contribution is -2.38. The highest BCUT2D eigenvalue weighted by Gasteiger charge is 2.23. The molecule has 0 saturated carbocycles. The monoisotopic (exact) mass is 423 g/mol. The Hall–Kier alpha value is -1.47. The standard InChI is InChI=1S/C20H25N3OS2.ClH/c1-5-22(6-2)9-10-23(19(24)17-8-7-11-25-17)20-21-16-13-14(3)12-15(4)18(16)26-20;/h7-8,11-13H,5-6,9-10H2,1-4H3;1H. The summed E-state index contributed by atoms with van der Waals surface area (Å²) in [5.41, 5.74) is 3.40.